The van der Waals surface area contributed by atoms with Crippen LogP contribution in [-0.4, -0.2) is 76.1 Å². The summed E-state index contributed by atoms with van der Waals surface area (Å²) >= 11 is 0. The molecule has 0 aromatic heterocycles. The average Bonchev–Trinajstić information content (AvgIpc) is 2.75. The van der Waals surface area contributed by atoms with Gasteiger partial charge in [-0.3, -0.25) is 4.99 Å². The summed E-state index contributed by atoms with van der Waals surface area (Å²) in [4.78, 5) is 8.79. The molecule has 0 bridgehead atoms. The molecule has 2 heterocycles. The van der Waals surface area contributed by atoms with Crippen LogP contribution >= 0.6 is 0 Å². The minimum atomic E-state index is -0.415. The molecule has 1 aromatic carbocycles. The van der Waals surface area contributed by atoms with Crippen LogP contribution in [0.3, 0.4) is 0 Å². The van der Waals surface area contributed by atoms with Gasteiger partial charge in [0.25, 0.3) is 0 Å². The van der Waals surface area contributed by atoms with E-state index in [1.807, 2.05) is 11.8 Å². The quantitative estimate of drug-likeness (QED) is 0.426. The molecule has 0 spiro atoms. The van der Waals surface area contributed by atoms with Gasteiger partial charge in [-0.25, -0.2) is 8.78 Å². The average molecular weight is 411 g/mol. The first-order valence-corrected chi connectivity index (χ1v) is 10.6. The highest BCUT2D eigenvalue weighted by molar-refractivity contribution is 5.80. The monoisotopic (exact) mass is 410 g/mol. The summed E-state index contributed by atoms with van der Waals surface area (Å²) in [5.74, 6) is 0.0737. The Balaban J connectivity index is 1.45. The molecule has 6 nitrogen and oxygen atoms in total. The van der Waals surface area contributed by atoms with E-state index in [0.717, 1.165) is 51.0 Å². The lowest BCUT2D eigenvalue weighted by atomic mass is 10.1. The molecule has 0 unspecified atom stereocenters. The number of nitrogens with one attached hydrogen (secondary N) is 1. The van der Waals surface area contributed by atoms with Crippen molar-refractivity contribution >= 4 is 11.6 Å². The van der Waals surface area contributed by atoms with Gasteiger partial charge in [0.05, 0.1) is 11.8 Å². The molecular weight excluding hydrogens is 378 g/mol. The van der Waals surface area contributed by atoms with Crippen molar-refractivity contribution in [2.75, 3.05) is 64.0 Å². The molecule has 0 aliphatic carbocycles. The Morgan fingerprint density at radius 3 is 2.69 bits per heavy atom. The number of halogens is 2. The molecule has 0 saturated carbocycles. The van der Waals surface area contributed by atoms with Crippen LogP contribution in [0, 0.1) is 11.6 Å². The lowest BCUT2D eigenvalue weighted by Crippen LogP contribution is -2.52. The number of hydrogen-bond donors (Lipinski definition) is 1. The fraction of sp³-hybridized carbons (Fsp3) is 0.667. The van der Waals surface area contributed by atoms with Crippen molar-refractivity contribution in [1.82, 2.24) is 10.2 Å². The Labute approximate surface area is 171 Å². The van der Waals surface area contributed by atoms with E-state index in [1.54, 1.807) is 0 Å². The molecule has 8 heteroatoms. The van der Waals surface area contributed by atoms with E-state index in [9.17, 15) is 8.78 Å². The van der Waals surface area contributed by atoms with Crippen LogP contribution < -0.4 is 10.2 Å². The summed E-state index contributed by atoms with van der Waals surface area (Å²) in [5, 5.41) is 3.33. The molecule has 0 amide bonds. The van der Waals surface area contributed by atoms with Crippen LogP contribution in [0.15, 0.2) is 23.2 Å². The zero-order chi connectivity index (χ0) is 20.5. The van der Waals surface area contributed by atoms with Gasteiger partial charge in [-0.15, -0.1) is 0 Å². The maximum absolute atomic E-state index is 14.0. The third-order valence-corrected chi connectivity index (χ3v) is 5.25. The van der Waals surface area contributed by atoms with E-state index in [2.05, 4.69) is 10.2 Å². The predicted octanol–water partition coefficient (Wildman–Crippen LogP) is 2.64. The number of guanidine groups is 1. The standard InChI is InChI=1S/C21H32F2N4O2/c1-2-24-21(25-8-3-13-29-18-6-14-28-15-7-18)27-11-9-26(10-12-27)20-16-17(22)4-5-19(20)23/h4-5,16,18H,2-3,6-15H2,1H3,(H,24,25). The summed E-state index contributed by atoms with van der Waals surface area (Å²) in [7, 11) is 0. The van der Waals surface area contributed by atoms with Crippen molar-refractivity contribution in [3.05, 3.63) is 29.8 Å². The first kappa shape index (κ1) is 21.8. The van der Waals surface area contributed by atoms with E-state index in [1.165, 1.54) is 12.1 Å². The minimum absolute atomic E-state index is 0.317. The fourth-order valence-corrected chi connectivity index (χ4v) is 3.66. The van der Waals surface area contributed by atoms with E-state index in [-0.39, 0.29) is 5.82 Å². The Hall–Kier alpha value is -1.93. The first-order valence-electron chi connectivity index (χ1n) is 10.6. The number of ether oxygens (including phenoxy) is 2. The molecule has 162 valence electrons. The molecule has 2 fully saturated rings. The van der Waals surface area contributed by atoms with E-state index in [0.29, 0.717) is 51.1 Å². The van der Waals surface area contributed by atoms with E-state index in [4.69, 9.17) is 14.5 Å². The highest BCUT2D eigenvalue weighted by Crippen LogP contribution is 2.22. The molecule has 29 heavy (non-hydrogen) atoms. The van der Waals surface area contributed by atoms with Crippen molar-refractivity contribution in [3.63, 3.8) is 0 Å². The fourth-order valence-electron chi connectivity index (χ4n) is 3.66. The third kappa shape index (κ3) is 6.54. The molecule has 0 atom stereocenters. The maximum atomic E-state index is 14.0. The zero-order valence-electron chi connectivity index (χ0n) is 17.2. The smallest absolute Gasteiger partial charge is 0.194 e. The van der Waals surface area contributed by atoms with Gasteiger partial charge in [0.2, 0.25) is 0 Å². The molecule has 3 rings (SSSR count). The summed E-state index contributed by atoms with van der Waals surface area (Å²) in [6.45, 7) is 8.48. The highest BCUT2D eigenvalue weighted by Gasteiger charge is 2.22. The Morgan fingerprint density at radius 1 is 1.21 bits per heavy atom. The molecule has 0 radical (unpaired) electrons. The van der Waals surface area contributed by atoms with Crippen LogP contribution in [0.2, 0.25) is 0 Å². The number of anilines is 1. The van der Waals surface area contributed by atoms with Gasteiger partial charge in [-0.1, -0.05) is 0 Å². The third-order valence-electron chi connectivity index (χ3n) is 5.25. The van der Waals surface area contributed by atoms with Crippen LogP contribution in [0.5, 0.6) is 0 Å². The summed E-state index contributed by atoms with van der Waals surface area (Å²) in [5.41, 5.74) is 0.330. The van der Waals surface area contributed by atoms with Crippen LogP contribution in [0.4, 0.5) is 14.5 Å². The van der Waals surface area contributed by atoms with Gasteiger partial charge in [0, 0.05) is 65.2 Å². The van der Waals surface area contributed by atoms with Gasteiger partial charge in [0.15, 0.2) is 5.96 Å². The summed E-state index contributed by atoms with van der Waals surface area (Å²) < 4.78 is 38.7. The second kappa shape index (κ2) is 11.3. The largest absolute Gasteiger partial charge is 0.381 e. The van der Waals surface area contributed by atoms with Crippen molar-refractivity contribution in [2.45, 2.75) is 32.3 Å². The maximum Gasteiger partial charge on any atom is 0.194 e. The Bertz CT molecular complexity index is 660. The molecule has 1 aromatic rings. The summed E-state index contributed by atoms with van der Waals surface area (Å²) in [6, 6.07) is 3.60. The topological polar surface area (TPSA) is 49.3 Å². The van der Waals surface area contributed by atoms with Crippen molar-refractivity contribution in [1.29, 1.82) is 0 Å². The lowest BCUT2D eigenvalue weighted by molar-refractivity contribution is -0.0318. The van der Waals surface area contributed by atoms with Gasteiger partial charge in [-0.2, -0.15) is 0 Å². The molecule has 1 N–H and O–H groups in total. The Kier molecular flexibility index (Phi) is 8.49. The number of aliphatic imine (C=N–C) groups is 1. The second-order valence-corrected chi connectivity index (χ2v) is 7.34. The number of piperazine rings is 1. The lowest BCUT2D eigenvalue weighted by Gasteiger charge is -2.37. The van der Waals surface area contributed by atoms with Crippen molar-refractivity contribution in [2.24, 2.45) is 4.99 Å². The number of nitrogens with zero attached hydrogens (tertiary/aromatic N) is 3. The minimum Gasteiger partial charge on any atom is -0.381 e. The van der Waals surface area contributed by atoms with E-state index >= 15 is 0 Å². The predicted molar refractivity (Wildman–Crippen MR) is 111 cm³/mol. The number of benzene rings is 1. The van der Waals surface area contributed by atoms with Crippen molar-refractivity contribution < 1.29 is 18.3 Å². The van der Waals surface area contributed by atoms with Gasteiger partial charge in [0.1, 0.15) is 11.6 Å². The normalized spacial score (nSPS) is 18.9. The first-order chi connectivity index (χ1) is 14.2. The van der Waals surface area contributed by atoms with Crippen LogP contribution in [0.1, 0.15) is 26.2 Å². The van der Waals surface area contributed by atoms with Crippen LogP contribution in [-0.2, 0) is 9.47 Å². The zero-order valence-corrected chi connectivity index (χ0v) is 17.2. The highest BCUT2D eigenvalue weighted by atomic mass is 19.1. The number of hydrogen-bond acceptors (Lipinski definition) is 4. The van der Waals surface area contributed by atoms with Crippen molar-refractivity contribution in [3.8, 4) is 0 Å². The Morgan fingerprint density at radius 2 is 1.97 bits per heavy atom. The van der Waals surface area contributed by atoms with Gasteiger partial charge in [-0.05, 0) is 38.3 Å². The van der Waals surface area contributed by atoms with Gasteiger partial charge < -0.3 is 24.6 Å². The number of rotatable bonds is 7. The molecular formula is C21H32F2N4O2. The van der Waals surface area contributed by atoms with Crippen LogP contribution in [0.25, 0.3) is 0 Å². The van der Waals surface area contributed by atoms with Gasteiger partial charge >= 0.3 is 0 Å². The molecule has 2 aliphatic heterocycles. The van der Waals surface area contributed by atoms with E-state index < -0.39 is 5.82 Å². The second-order valence-electron chi connectivity index (χ2n) is 7.34. The summed E-state index contributed by atoms with van der Waals surface area (Å²) in [6.07, 6.45) is 3.14. The molecule has 2 aliphatic rings. The SMILES string of the molecule is CCNC(=NCCCOC1CCOCC1)N1CCN(c2cc(F)ccc2F)CC1. The molecule has 2 saturated heterocycles.